The smallest absolute Gasteiger partial charge is 0.415 e. The maximum atomic E-state index is 14.2. The van der Waals surface area contributed by atoms with E-state index in [-0.39, 0.29) is 5.69 Å². The van der Waals surface area contributed by atoms with E-state index in [4.69, 9.17) is 16.0 Å². The van der Waals surface area contributed by atoms with Gasteiger partial charge in [-0.25, -0.2) is 22.2 Å². The van der Waals surface area contributed by atoms with Gasteiger partial charge in [-0.1, -0.05) is 23.7 Å². The molecule has 3 aromatic rings. The van der Waals surface area contributed by atoms with E-state index in [2.05, 4.69) is 0 Å². The van der Waals surface area contributed by atoms with Crippen LogP contribution in [0.5, 0.6) is 0 Å². The highest BCUT2D eigenvalue weighted by Crippen LogP contribution is 2.27. The van der Waals surface area contributed by atoms with E-state index in [1.54, 1.807) is 18.2 Å². The highest BCUT2D eigenvalue weighted by molar-refractivity contribution is 7.90. The summed E-state index contributed by atoms with van der Waals surface area (Å²) in [5.41, 5.74) is 1.88. The predicted molar refractivity (Wildman–Crippen MR) is 92.6 cm³/mol. The molecule has 0 atom stereocenters. The monoisotopic (exact) mass is 381 g/mol. The van der Waals surface area contributed by atoms with Crippen molar-refractivity contribution in [1.82, 2.24) is 4.57 Å². The molecule has 5 nitrogen and oxygen atoms in total. The Bertz CT molecular complexity index is 1130. The molecule has 2 aromatic carbocycles. The van der Waals surface area contributed by atoms with Crippen molar-refractivity contribution in [3.8, 4) is 16.9 Å². The van der Waals surface area contributed by atoms with Crippen molar-refractivity contribution in [1.29, 1.82) is 0 Å². The largest absolute Gasteiger partial charge is 0.424 e. The third kappa shape index (κ3) is 3.25. The molecule has 0 bridgehead atoms. The topological polar surface area (TPSA) is 69.3 Å². The van der Waals surface area contributed by atoms with Crippen LogP contribution in [0.1, 0.15) is 5.56 Å². The molecule has 0 saturated heterocycles. The molecule has 1 heterocycles. The summed E-state index contributed by atoms with van der Waals surface area (Å²) in [6, 6.07) is 8.64. The Hall–Kier alpha value is -2.38. The third-order valence-electron chi connectivity index (χ3n) is 3.74. The minimum Gasteiger partial charge on any atom is -0.415 e. The Morgan fingerprint density at radius 1 is 1.16 bits per heavy atom. The number of hydrogen-bond donors (Lipinski definition) is 0. The van der Waals surface area contributed by atoms with Gasteiger partial charge in [-0.2, -0.15) is 0 Å². The zero-order chi connectivity index (χ0) is 18.4. The van der Waals surface area contributed by atoms with Gasteiger partial charge in [0.25, 0.3) is 0 Å². The molecular weight excluding hydrogens is 369 g/mol. The van der Waals surface area contributed by atoms with E-state index in [0.29, 0.717) is 16.3 Å². The maximum Gasteiger partial charge on any atom is 0.424 e. The molecule has 0 radical (unpaired) electrons. The van der Waals surface area contributed by atoms with Gasteiger partial charge in [0.1, 0.15) is 17.0 Å². The summed E-state index contributed by atoms with van der Waals surface area (Å²) < 4.78 is 43.4. The second kappa shape index (κ2) is 6.16. The fourth-order valence-electron chi connectivity index (χ4n) is 2.43. The van der Waals surface area contributed by atoms with Gasteiger partial charge in [0.15, 0.2) is 9.84 Å². The fourth-order valence-corrected chi connectivity index (χ4v) is 3.34. The van der Waals surface area contributed by atoms with Crippen molar-refractivity contribution in [3.05, 3.63) is 69.6 Å². The quantitative estimate of drug-likeness (QED) is 0.695. The standard InChI is InChI=1S/C17H13ClFNO4S/c1-10-3-5-12(8-13(10)18)20-15(9-24-17(20)21)11-4-6-16(14(19)7-11)25(2,22)23/h3-9H,1-2H3. The van der Waals surface area contributed by atoms with Crippen molar-refractivity contribution >= 4 is 21.4 Å². The van der Waals surface area contributed by atoms with Crippen LogP contribution in [0, 0.1) is 12.7 Å². The molecule has 0 spiro atoms. The number of aryl methyl sites for hydroxylation is 1. The molecule has 0 fully saturated rings. The lowest BCUT2D eigenvalue weighted by Gasteiger charge is -2.09. The van der Waals surface area contributed by atoms with Crippen molar-refractivity contribution in [2.75, 3.05) is 6.26 Å². The summed E-state index contributed by atoms with van der Waals surface area (Å²) in [7, 11) is -3.68. The van der Waals surface area contributed by atoms with Crippen molar-refractivity contribution in [2.45, 2.75) is 11.8 Å². The molecule has 25 heavy (non-hydrogen) atoms. The second-order valence-electron chi connectivity index (χ2n) is 5.57. The number of oxazole rings is 1. The van der Waals surface area contributed by atoms with Crippen LogP contribution >= 0.6 is 11.6 Å². The van der Waals surface area contributed by atoms with Gasteiger partial charge in [0.2, 0.25) is 0 Å². The maximum absolute atomic E-state index is 14.2. The average Bonchev–Trinajstić information content (AvgIpc) is 2.90. The first-order chi connectivity index (χ1) is 11.7. The molecule has 0 saturated carbocycles. The number of rotatable bonds is 3. The molecule has 1 aromatic heterocycles. The summed E-state index contributed by atoms with van der Waals surface area (Å²) in [6.07, 6.45) is 2.11. The van der Waals surface area contributed by atoms with E-state index in [9.17, 15) is 17.6 Å². The van der Waals surface area contributed by atoms with Crippen molar-refractivity contribution in [2.24, 2.45) is 0 Å². The van der Waals surface area contributed by atoms with Gasteiger partial charge >= 0.3 is 5.76 Å². The Morgan fingerprint density at radius 2 is 1.88 bits per heavy atom. The Morgan fingerprint density at radius 3 is 2.48 bits per heavy atom. The van der Waals surface area contributed by atoms with Crippen LogP contribution in [0.2, 0.25) is 5.02 Å². The van der Waals surface area contributed by atoms with Gasteiger partial charge < -0.3 is 4.42 Å². The molecule has 3 rings (SSSR count). The van der Waals surface area contributed by atoms with E-state index >= 15 is 0 Å². The highest BCUT2D eigenvalue weighted by Gasteiger charge is 2.18. The van der Waals surface area contributed by atoms with Crippen LogP contribution in [0.15, 0.2) is 56.8 Å². The van der Waals surface area contributed by atoms with Gasteiger partial charge in [-0.3, -0.25) is 0 Å². The van der Waals surface area contributed by atoms with Crippen LogP contribution in [0.4, 0.5) is 4.39 Å². The van der Waals surface area contributed by atoms with Crippen molar-refractivity contribution < 1.29 is 17.2 Å². The Labute approximate surface area is 148 Å². The average molecular weight is 382 g/mol. The lowest BCUT2D eigenvalue weighted by atomic mass is 10.1. The first kappa shape index (κ1) is 17.4. The zero-order valence-corrected chi connectivity index (χ0v) is 14.9. The molecule has 0 aliphatic carbocycles. The predicted octanol–water partition coefficient (Wildman–Crippen LogP) is 3.60. The minimum absolute atomic E-state index is 0.281. The summed E-state index contributed by atoms with van der Waals surface area (Å²) >= 11 is 6.10. The van der Waals surface area contributed by atoms with E-state index in [1.807, 2.05) is 6.92 Å². The van der Waals surface area contributed by atoms with E-state index in [1.165, 1.54) is 16.9 Å². The molecule has 0 N–H and O–H groups in total. The summed E-state index contributed by atoms with van der Waals surface area (Å²) in [5, 5.41) is 0.468. The van der Waals surface area contributed by atoms with Crippen LogP contribution in [0.3, 0.4) is 0 Å². The molecule has 0 amide bonds. The lowest BCUT2D eigenvalue weighted by molar-refractivity contribution is 0.504. The number of nitrogens with zero attached hydrogens (tertiary/aromatic N) is 1. The zero-order valence-electron chi connectivity index (χ0n) is 13.3. The van der Waals surface area contributed by atoms with Gasteiger partial charge in [0, 0.05) is 16.8 Å². The molecular formula is C17H13ClFNO4S. The normalized spacial score (nSPS) is 11.7. The van der Waals surface area contributed by atoms with E-state index < -0.39 is 26.3 Å². The molecule has 130 valence electrons. The lowest BCUT2D eigenvalue weighted by Crippen LogP contribution is -2.13. The summed E-state index contributed by atoms with van der Waals surface area (Å²) in [6.45, 7) is 1.82. The Balaban J connectivity index is 2.19. The SMILES string of the molecule is Cc1ccc(-n2c(-c3ccc(S(C)(=O)=O)c(F)c3)coc2=O)cc1Cl. The molecule has 0 aliphatic rings. The fraction of sp³-hybridized carbons (Fsp3) is 0.118. The third-order valence-corrected chi connectivity index (χ3v) is 5.27. The number of benzene rings is 2. The number of aromatic nitrogens is 1. The van der Waals surface area contributed by atoms with Crippen LogP contribution in [-0.4, -0.2) is 19.2 Å². The molecule has 8 heteroatoms. The number of hydrogen-bond acceptors (Lipinski definition) is 4. The Kier molecular flexibility index (Phi) is 4.30. The van der Waals surface area contributed by atoms with Gasteiger partial charge in [-0.15, -0.1) is 0 Å². The van der Waals surface area contributed by atoms with Crippen LogP contribution in [-0.2, 0) is 9.84 Å². The van der Waals surface area contributed by atoms with Crippen molar-refractivity contribution in [3.63, 3.8) is 0 Å². The summed E-state index contributed by atoms with van der Waals surface area (Å²) in [5.74, 6) is -1.57. The minimum atomic E-state index is -3.68. The van der Waals surface area contributed by atoms with Crippen LogP contribution in [0.25, 0.3) is 16.9 Å². The highest BCUT2D eigenvalue weighted by atomic mass is 35.5. The summed E-state index contributed by atoms with van der Waals surface area (Å²) in [4.78, 5) is 11.7. The first-order valence-corrected chi connectivity index (χ1v) is 9.42. The van der Waals surface area contributed by atoms with E-state index in [0.717, 1.165) is 24.0 Å². The van der Waals surface area contributed by atoms with Crippen LogP contribution < -0.4 is 5.76 Å². The number of sulfone groups is 1. The molecule has 0 aliphatic heterocycles. The number of halogens is 2. The first-order valence-electron chi connectivity index (χ1n) is 7.15. The molecule has 0 unspecified atom stereocenters. The van der Waals surface area contributed by atoms with Gasteiger partial charge in [0.05, 0.1) is 11.4 Å². The van der Waals surface area contributed by atoms with Gasteiger partial charge in [-0.05, 0) is 36.8 Å². The second-order valence-corrected chi connectivity index (χ2v) is 7.96.